The van der Waals surface area contributed by atoms with Gasteiger partial charge in [-0.25, -0.2) is 13.1 Å². The van der Waals surface area contributed by atoms with Gasteiger partial charge in [-0.3, -0.25) is 0 Å². The fourth-order valence-corrected chi connectivity index (χ4v) is 5.42. The van der Waals surface area contributed by atoms with Crippen molar-refractivity contribution in [2.24, 2.45) is 5.41 Å². The number of anilines is 1. The molecule has 1 atom stereocenters. The second-order valence-corrected chi connectivity index (χ2v) is 10.3. The van der Waals surface area contributed by atoms with Gasteiger partial charge < -0.3 is 10.0 Å². The number of hydrogen-bond donors (Lipinski definition) is 2. The minimum absolute atomic E-state index is 0.0683. The van der Waals surface area contributed by atoms with Crippen LogP contribution in [-0.2, 0) is 10.0 Å². The van der Waals surface area contributed by atoms with Gasteiger partial charge in [0.25, 0.3) is 0 Å². The molecule has 0 saturated heterocycles. The maximum Gasteiger partial charge on any atom is 0.241 e. The molecule has 0 aliphatic heterocycles. The summed E-state index contributed by atoms with van der Waals surface area (Å²) in [4.78, 5) is 2.24. The molecule has 0 spiro atoms. The van der Waals surface area contributed by atoms with E-state index in [1.54, 1.807) is 30.3 Å². The number of aliphatic hydroxyl groups excluding tert-OH is 1. The van der Waals surface area contributed by atoms with Gasteiger partial charge in [-0.05, 0) is 42.7 Å². The maximum absolute atomic E-state index is 13.3. The molecule has 31 heavy (non-hydrogen) atoms. The topological polar surface area (TPSA) is 69.6 Å². The van der Waals surface area contributed by atoms with Crippen LogP contribution in [0.5, 0.6) is 0 Å². The Morgan fingerprint density at radius 2 is 1.58 bits per heavy atom. The molecule has 1 unspecified atom stereocenters. The molecule has 0 aliphatic carbocycles. The minimum Gasteiger partial charge on any atom is -0.396 e. The van der Waals surface area contributed by atoms with Crippen LogP contribution in [0.1, 0.15) is 64.0 Å². The van der Waals surface area contributed by atoms with E-state index in [0.29, 0.717) is 0 Å². The molecule has 0 saturated carbocycles. The Morgan fingerprint density at radius 3 is 2.10 bits per heavy atom. The van der Waals surface area contributed by atoms with Crippen LogP contribution in [0.3, 0.4) is 0 Å². The molecule has 0 radical (unpaired) electrons. The number of aliphatic hydroxyl groups is 1. The molecule has 0 fully saturated rings. The molecule has 2 rings (SSSR count). The lowest BCUT2D eigenvalue weighted by Gasteiger charge is -2.41. The minimum atomic E-state index is -3.76. The highest BCUT2D eigenvalue weighted by atomic mass is 32.2. The van der Waals surface area contributed by atoms with Crippen LogP contribution < -0.4 is 9.62 Å². The van der Waals surface area contributed by atoms with Gasteiger partial charge in [-0.2, -0.15) is 0 Å². The third-order valence-electron chi connectivity index (χ3n) is 6.03. The summed E-state index contributed by atoms with van der Waals surface area (Å²) in [5.74, 6) is 0. The highest BCUT2D eigenvalue weighted by Crippen LogP contribution is 2.44. The van der Waals surface area contributed by atoms with Crippen molar-refractivity contribution in [2.45, 2.75) is 63.3 Å². The zero-order chi connectivity index (χ0) is 22.9. The smallest absolute Gasteiger partial charge is 0.241 e. The molecule has 0 aromatic heterocycles. The van der Waals surface area contributed by atoms with E-state index in [2.05, 4.69) is 18.6 Å². The van der Waals surface area contributed by atoms with Gasteiger partial charge in [-0.1, -0.05) is 69.9 Å². The highest BCUT2D eigenvalue weighted by molar-refractivity contribution is 7.89. The number of rotatable bonds is 13. The number of benzene rings is 2. The molecule has 0 aliphatic rings. The summed E-state index contributed by atoms with van der Waals surface area (Å²) < 4.78 is 29.7. The molecule has 0 bridgehead atoms. The quantitative estimate of drug-likeness (QED) is 0.447. The fourth-order valence-electron chi connectivity index (χ4n) is 4.07. The van der Waals surface area contributed by atoms with E-state index < -0.39 is 21.5 Å². The molecule has 2 N–H and O–H groups in total. The Labute approximate surface area is 188 Å². The number of unbranched alkanes of at least 4 members (excludes halogenated alkanes) is 2. The molecular weight excluding hydrogens is 408 g/mol. The second kappa shape index (κ2) is 11.7. The van der Waals surface area contributed by atoms with Crippen molar-refractivity contribution in [1.82, 2.24) is 4.72 Å². The summed E-state index contributed by atoms with van der Waals surface area (Å²) in [5.41, 5.74) is 1.31. The summed E-state index contributed by atoms with van der Waals surface area (Å²) in [6, 6.07) is 15.9. The number of sulfonamides is 1. The molecular formula is C25H38N2O3S. The Morgan fingerprint density at radius 1 is 0.968 bits per heavy atom. The third-order valence-corrected chi connectivity index (χ3v) is 7.47. The van der Waals surface area contributed by atoms with E-state index in [0.717, 1.165) is 49.8 Å². The zero-order valence-electron chi connectivity index (χ0n) is 19.3. The lowest BCUT2D eigenvalue weighted by Crippen LogP contribution is -2.43. The fraction of sp³-hybridized carbons (Fsp3) is 0.520. The van der Waals surface area contributed by atoms with Crippen LogP contribution in [0.15, 0.2) is 59.5 Å². The third kappa shape index (κ3) is 6.55. The Hall–Kier alpha value is -1.89. The second-order valence-electron chi connectivity index (χ2n) is 8.58. The molecule has 5 nitrogen and oxygen atoms in total. The molecule has 2 aromatic rings. The van der Waals surface area contributed by atoms with Gasteiger partial charge in [0, 0.05) is 25.2 Å². The van der Waals surface area contributed by atoms with Gasteiger partial charge in [0.15, 0.2) is 0 Å². The summed E-state index contributed by atoms with van der Waals surface area (Å²) in [5, 5.41) is 10.7. The van der Waals surface area contributed by atoms with Crippen molar-refractivity contribution in [3.8, 4) is 0 Å². The van der Waals surface area contributed by atoms with Crippen molar-refractivity contribution in [2.75, 3.05) is 25.6 Å². The van der Waals surface area contributed by atoms with Gasteiger partial charge >= 0.3 is 0 Å². The highest BCUT2D eigenvalue weighted by Gasteiger charge is 2.41. The van der Waals surface area contributed by atoms with Crippen molar-refractivity contribution >= 4 is 15.7 Å². The van der Waals surface area contributed by atoms with Crippen LogP contribution in [0.2, 0.25) is 0 Å². The van der Waals surface area contributed by atoms with Crippen LogP contribution in [0.4, 0.5) is 5.69 Å². The first-order valence-corrected chi connectivity index (χ1v) is 12.7. The van der Waals surface area contributed by atoms with E-state index in [1.807, 2.05) is 43.3 Å². The number of nitrogens with zero attached hydrogens (tertiary/aromatic N) is 1. The van der Waals surface area contributed by atoms with Crippen LogP contribution >= 0.6 is 0 Å². The average molecular weight is 447 g/mol. The molecule has 6 heteroatoms. The largest absolute Gasteiger partial charge is 0.396 e. The lowest BCUT2D eigenvalue weighted by atomic mass is 9.71. The van der Waals surface area contributed by atoms with Gasteiger partial charge in [0.2, 0.25) is 10.0 Å². The monoisotopic (exact) mass is 446 g/mol. The normalized spacial score (nSPS) is 13.2. The van der Waals surface area contributed by atoms with Crippen molar-refractivity contribution in [3.05, 3.63) is 60.2 Å². The summed E-state index contributed by atoms with van der Waals surface area (Å²) in [6.07, 6.45) is 5.36. The number of hydrogen-bond acceptors (Lipinski definition) is 4. The Balaban J connectivity index is 2.60. The van der Waals surface area contributed by atoms with E-state index in [4.69, 9.17) is 0 Å². The SMILES string of the molecule is CCCCC(CO)(CCCC)C(NS(=O)(=O)c1ccccc1)c1cccc(N(C)C)c1. The lowest BCUT2D eigenvalue weighted by molar-refractivity contribution is 0.0655. The van der Waals surface area contributed by atoms with Crippen molar-refractivity contribution < 1.29 is 13.5 Å². The first-order valence-electron chi connectivity index (χ1n) is 11.2. The first kappa shape index (κ1) is 25.4. The van der Waals surface area contributed by atoms with Crippen LogP contribution in [-0.4, -0.2) is 34.2 Å². The van der Waals surface area contributed by atoms with Gasteiger partial charge in [-0.15, -0.1) is 0 Å². The molecule has 0 heterocycles. The summed E-state index contributed by atoms with van der Waals surface area (Å²) >= 11 is 0. The Kier molecular flexibility index (Phi) is 9.54. The van der Waals surface area contributed by atoms with E-state index >= 15 is 0 Å². The van der Waals surface area contributed by atoms with E-state index in [1.165, 1.54) is 0 Å². The predicted molar refractivity (Wildman–Crippen MR) is 129 cm³/mol. The molecule has 172 valence electrons. The van der Waals surface area contributed by atoms with Crippen molar-refractivity contribution in [3.63, 3.8) is 0 Å². The average Bonchev–Trinajstić information content (AvgIpc) is 2.79. The van der Waals surface area contributed by atoms with E-state index in [-0.39, 0.29) is 11.5 Å². The summed E-state index contributed by atoms with van der Waals surface area (Å²) in [6.45, 7) is 4.18. The Bertz CT molecular complexity index is 890. The maximum atomic E-state index is 13.3. The first-order chi connectivity index (χ1) is 14.8. The van der Waals surface area contributed by atoms with Gasteiger partial charge in [0.1, 0.15) is 0 Å². The van der Waals surface area contributed by atoms with E-state index in [9.17, 15) is 13.5 Å². The summed E-state index contributed by atoms with van der Waals surface area (Å²) in [7, 11) is 0.177. The predicted octanol–water partition coefficient (Wildman–Crippen LogP) is 5.13. The van der Waals surface area contributed by atoms with Crippen LogP contribution in [0, 0.1) is 5.41 Å². The van der Waals surface area contributed by atoms with Crippen LogP contribution in [0.25, 0.3) is 0 Å². The molecule has 0 amide bonds. The van der Waals surface area contributed by atoms with Crippen molar-refractivity contribution in [1.29, 1.82) is 0 Å². The molecule has 2 aromatic carbocycles. The standard InChI is InChI=1S/C25H38N2O3S/c1-5-7-17-25(20-28,18-8-6-2)24(21-13-12-14-22(19-21)27(3)4)26-31(29,30)23-15-10-9-11-16-23/h9-16,19,24,26,28H,5-8,17-18,20H2,1-4H3. The van der Waals surface area contributed by atoms with Gasteiger partial charge in [0.05, 0.1) is 17.5 Å². The number of nitrogens with one attached hydrogen (secondary N) is 1. The zero-order valence-corrected chi connectivity index (χ0v) is 20.2.